The summed E-state index contributed by atoms with van der Waals surface area (Å²) in [6.07, 6.45) is 6.95. The fourth-order valence-corrected chi connectivity index (χ4v) is 5.74. The summed E-state index contributed by atoms with van der Waals surface area (Å²) in [6, 6.07) is 7.77. The largest absolute Gasteiger partial charge is 0.353 e. The summed E-state index contributed by atoms with van der Waals surface area (Å²) in [4.78, 5) is 27.2. The third-order valence-corrected chi connectivity index (χ3v) is 7.58. The number of hydrogen-bond donors (Lipinski definition) is 1. The summed E-state index contributed by atoms with van der Waals surface area (Å²) in [7, 11) is 0. The Hall–Kier alpha value is -1.36. The number of benzene rings is 1. The van der Waals surface area contributed by atoms with Gasteiger partial charge in [0.25, 0.3) is 5.91 Å². The number of amides is 2. The Morgan fingerprint density at radius 3 is 2.37 bits per heavy atom. The van der Waals surface area contributed by atoms with Crippen LogP contribution in [0.3, 0.4) is 0 Å². The average molecular weight is 433 g/mol. The molecule has 27 heavy (non-hydrogen) atoms. The van der Waals surface area contributed by atoms with Crippen molar-refractivity contribution < 1.29 is 9.59 Å². The lowest BCUT2D eigenvalue weighted by molar-refractivity contribution is -0.127. The van der Waals surface area contributed by atoms with Crippen LogP contribution in [-0.4, -0.2) is 35.8 Å². The molecule has 1 aromatic carbocycles. The van der Waals surface area contributed by atoms with E-state index in [1.165, 1.54) is 25.7 Å². The van der Waals surface area contributed by atoms with E-state index in [0.29, 0.717) is 24.6 Å². The maximum absolute atomic E-state index is 12.7. The number of carbonyl (C=O) groups excluding carboxylic acids is 2. The van der Waals surface area contributed by atoms with Crippen LogP contribution in [0.2, 0.25) is 0 Å². The lowest BCUT2D eigenvalue weighted by Crippen LogP contribution is -2.47. The van der Waals surface area contributed by atoms with Crippen LogP contribution in [0.25, 0.3) is 0 Å². The monoisotopic (exact) mass is 432 g/mol. The van der Waals surface area contributed by atoms with Gasteiger partial charge >= 0.3 is 0 Å². The van der Waals surface area contributed by atoms with Gasteiger partial charge in [-0.15, -0.1) is 0 Å². The van der Waals surface area contributed by atoms with Crippen molar-refractivity contribution in [3.8, 4) is 0 Å². The first kappa shape index (κ1) is 19.0. The lowest BCUT2D eigenvalue weighted by atomic mass is 9.83. The third-order valence-electron chi connectivity index (χ3n) is 7.05. The van der Waals surface area contributed by atoms with Gasteiger partial charge in [0.1, 0.15) is 0 Å². The summed E-state index contributed by atoms with van der Waals surface area (Å²) >= 11 is 3.40. The second-order valence-electron chi connectivity index (χ2n) is 8.71. The van der Waals surface area contributed by atoms with Gasteiger partial charge in [0.15, 0.2) is 0 Å². The van der Waals surface area contributed by atoms with E-state index in [2.05, 4.69) is 28.2 Å². The second-order valence-corrected chi connectivity index (χ2v) is 9.63. The highest BCUT2D eigenvalue weighted by atomic mass is 79.9. The fraction of sp³-hybridized carbons (Fsp3) is 0.636. The molecule has 5 heteroatoms. The van der Waals surface area contributed by atoms with Crippen LogP contribution in [0.4, 0.5) is 0 Å². The first-order valence-electron chi connectivity index (χ1n) is 10.4. The molecule has 1 aromatic rings. The number of piperidine rings is 1. The molecule has 2 aliphatic carbocycles. The molecule has 0 radical (unpaired) electrons. The Morgan fingerprint density at radius 1 is 1.07 bits per heavy atom. The van der Waals surface area contributed by atoms with Gasteiger partial charge in [0, 0.05) is 35.1 Å². The molecule has 2 amide bonds. The highest BCUT2D eigenvalue weighted by Gasteiger charge is 2.42. The topological polar surface area (TPSA) is 49.4 Å². The highest BCUT2D eigenvalue weighted by Crippen LogP contribution is 2.49. The minimum absolute atomic E-state index is 0.0417. The van der Waals surface area contributed by atoms with E-state index >= 15 is 0 Å². The van der Waals surface area contributed by atoms with Gasteiger partial charge in [-0.3, -0.25) is 9.59 Å². The number of likely N-dealkylation sites (tertiary alicyclic amines) is 1. The third kappa shape index (κ3) is 4.08. The molecule has 1 saturated heterocycles. The summed E-state index contributed by atoms with van der Waals surface area (Å²) in [5.74, 6) is 2.72. The van der Waals surface area contributed by atoms with Crippen LogP contribution in [-0.2, 0) is 4.79 Å². The fourth-order valence-electron chi connectivity index (χ4n) is 5.48. The molecule has 2 saturated carbocycles. The van der Waals surface area contributed by atoms with Gasteiger partial charge in [-0.25, -0.2) is 0 Å². The van der Waals surface area contributed by atoms with E-state index < -0.39 is 0 Å². The molecule has 0 aromatic heterocycles. The van der Waals surface area contributed by atoms with Crippen molar-refractivity contribution in [1.29, 1.82) is 0 Å². The van der Waals surface area contributed by atoms with Crippen LogP contribution in [0.15, 0.2) is 28.7 Å². The molecule has 4 nitrogen and oxygen atoms in total. The van der Waals surface area contributed by atoms with Crippen LogP contribution in [0, 0.1) is 23.7 Å². The van der Waals surface area contributed by atoms with Gasteiger partial charge in [-0.2, -0.15) is 0 Å². The number of hydrogen-bond acceptors (Lipinski definition) is 2. The zero-order chi connectivity index (χ0) is 19.0. The first-order chi connectivity index (χ1) is 13.0. The minimum Gasteiger partial charge on any atom is -0.353 e. The normalized spacial score (nSPS) is 29.0. The maximum atomic E-state index is 12.7. The Balaban J connectivity index is 1.26. The van der Waals surface area contributed by atoms with Crippen molar-refractivity contribution in [2.45, 2.75) is 51.5 Å². The van der Waals surface area contributed by atoms with Crippen LogP contribution < -0.4 is 5.32 Å². The van der Waals surface area contributed by atoms with E-state index in [1.807, 2.05) is 29.2 Å². The zero-order valence-corrected chi connectivity index (χ0v) is 17.6. The molecule has 4 atom stereocenters. The molecular weight excluding hydrogens is 404 g/mol. The predicted octanol–water partition coefficient (Wildman–Crippen LogP) is 4.24. The minimum atomic E-state index is 0.0417. The Bertz CT molecular complexity index is 697. The summed E-state index contributed by atoms with van der Waals surface area (Å²) in [6.45, 7) is 3.51. The van der Waals surface area contributed by atoms with E-state index in [9.17, 15) is 9.59 Å². The Kier molecular flexibility index (Phi) is 5.58. The van der Waals surface area contributed by atoms with E-state index in [-0.39, 0.29) is 23.8 Å². The molecule has 0 unspecified atom stereocenters. The van der Waals surface area contributed by atoms with Crippen molar-refractivity contribution in [3.05, 3.63) is 34.3 Å². The molecular formula is C22H29BrN2O2. The van der Waals surface area contributed by atoms with E-state index in [1.54, 1.807) is 0 Å². The summed E-state index contributed by atoms with van der Waals surface area (Å²) in [5.41, 5.74) is 0.714. The molecule has 0 spiro atoms. The van der Waals surface area contributed by atoms with Gasteiger partial charge in [-0.1, -0.05) is 22.4 Å². The Labute approximate surface area is 170 Å². The maximum Gasteiger partial charge on any atom is 0.253 e. The van der Waals surface area contributed by atoms with E-state index in [0.717, 1.165) is 29.2 Å². The van der Waals surface area contributed by atoms with Crippen molar-refractivity contribution in [2.24, 2.45) is 23.7 Å². The van der Waals surface area contributed by atoms with Crippen LogP contribution in [0.1, 0.15) is 55.8 Å². The number of nitrogens with one attached hydrogen (secondary N) is 1. The molecule has 4 rings (SSSR count). The van der Waals surface area contributed by atoms with Crippen molar-refractivity contribution in [2.75, 3.05) is 13.1 Å². The molecule has 3 fully saturated rings. The molecule has 146 valence electrons. The standard InChI is InChI=1S/C22H29BrN2O2/c1-14(20-13-15-2-3-18(20)12-15)24-21(26)16-8-10-25(11-9-16)22(27)17-4-6-19(23)7-5-17/h4-7,14-16,18,20H,2-3,8-13H2,1H3,(H,24,26)/t14-,15+,18+,20+/m1/s1. The van der Waals surface area contributed by atoms with E-state index in [4.69, 9.17) is 0 Å². The first-order valence-corrected chi connectivity index (χ1v) is 11.2. The SMILES string of the molecule is C[C@@H](NC(=O)C1CCN(C(=O)c2ccc(Br)cc2)CC1)[C@@H]1C[C@H]2CC[C@H]1C2. The summed E-state index contributed by atoms with van der Waals surface area (Å²) in [5, 5.41) is 3.31. The average Bonchev–Trinajstić information content (AvgIpc) is 3.32. The lowest BCUT2D eigenvalue weighted by Gasteiger charge is -2.34. The Morgan fingerprint density at radius 2 is 1.78 bits per heavy atom. The zero-order valence-electron chi connectivity index (χ0n) is 16.0. The van der Waals surface area contributed by atoms with Gasteiger partial charge in [-0.05, 0) is 81.0 Å². The van der Waals surface area contributed by atoms with Gasteiger partial charge in [0.05, 0.1) is 0 Å². The second kappa shape index (κ2) is 7.94. The number of rotatable bonds is 4. The van der Waals surface area contributed by atoms with Crippen molar-refractivity contribution in [3.63, 3.8) is 0 Å². The number of nitrogens with zero attached hydrogens (tertiary/aromatic N) is 1. The van der Waals surface area contributed by atoms with Gasteiger partial charge in [0.2, 0.25) is 5.91 Å². The molecule has 1 heterocycles. The van der Waals surface area contributed by atoms with Gasteiger partial charge < -0.3 is 10.2 Å². The quantitative estimate of drug-likeness (QED) is 0.772. The van der Waals surface area contributed by atoms with Crippen LogP contribution in [0.5, 0.6) is 0 Å². The van der Waals surface area contributed by atoms with Crippen molar-refractivity contribution >= 4 is 27.7 Å². The predicted molar refractivity (Wildman–Crippen MR) is 109 cm³/mol. The summed E-state index contributed by atoms with van der Waals surface area (Å²) < 4.78 is 0.971. The van der Waals surface area contributed by atoms with Crippen molar-refractivity contribution in [1.82, 2.24) is 10.2 Å². The van der Waals surface area contributed by atoms with Crippen LogP contribution >= 0.6 is 15.9 Å². The molecule has 1 N–H and O–H groups in total. The number of fused-ring (bicyclic) bond motifs is 2. The number of carbonyl (C=O) groups is 2. The molecule has 2 bridgehead atoms. The number of halogens is 1. The highest BCUT2D eigenvalue weighted by molar-refractivity contribution is 9.10. The molecule has 3 aliphatic rings. The smallest absolute Gasteiger partial charge is 0.253 e. The molecule has 1 aliphatic heterocycles.